The second kappa shape index (κ2) is 6.05. The van der Waals surface area contributed by atoms with Crippen molar-refractivity contribution in [2.75, 3.05) is 13.1 Å². The van der Waals surface area contributed by atoms with Crippen LogP contribution >= 0.6 is 0 Å². The summed E-state index contributed by atoms with van der Waals surface area (Å²) in [6.07, 6.45) is 10.3. The van der Waals surface area contributed by atoms with Gasteiger partial charge in [0.1, 0.15) is 5.60 Å². The normalized spacial score (nSPS) is 21.8. The molecule has 3 heteroatoms. The first kappa shape index (κ1) is 13.9. The van der Waals surface area contributed by atoms with E-state index in [2.05, 4.69) is 6.92 Å². The molecule has 1 aliphatic carbocycles. The number of aliphatic hydroxyl groups is 1. The lowest BCUT2D eigenvalue weighted by Crippen LogP contribution is -2.64. The van der Waals surface area contributed by atoms with Crippen molar-refractivity contribution >= 4 is 5.91 Å². The van der Waals surface area contributed by atoms with Gasteiger partial charge in [0, 0.05) is 6.42 Å². The summed E-state index contributed by atoms with van der Waals surface area (Å²) >= 11 is 0. The molecule has 2 aliphatic rings. The van der Waals surface area contributed by atoms with Gasteiger partial charge in [-0.3, -0.25) is 4.79 Å². The van der Waals surface area contributed by atoms with Crippen LogP contribution in [0.3, 0.4) is 0 Å². The van der Waals surface area contributed by atoms with Crippen molar-refractivity contribution in [3.8, 4) is 0 Å². The minimum atomic E-state index is -0.517. The van der Waals surface area contributed by atoms with Crippen molar-refractivity contribution in [1.29, 1.82) is 0 Å². The first-order chi connectivity index (χ1) is 8.65. The van der Waals surface area contributed by atoms with Crippen molar-refractivity contribution in [3.63, 3.8) is 0 Å². The Kier molecular flexibility index (Phi) is 4.66. The van der Waals surface area contributed by atoms with Crippen LogP contribution in [0.25, 0.3) is 0 Å². The smallest absolute Gasteiger partial charge is 0.222 e. The third kappa shape index (κ3) is 3.47. The number of hydrogen-bond acceptors (Lipinski definition) is 2. The molecule has 0 spiro atoms. The molecule has 0 aromatic heterocycles. The van der Waals surface area contributed by atoms with Gasteiger partial charge < -0.3 is 10.0 Å². The van der Waals surface area contributed by atoms with E-state index in [0.29, 0.717) is 25.4 Å². The molecule has 0 aromatic rings. The van der Waals surface area contributed by atoms with Gasteiger partial charge in [-0.25, -0.2) is 0 Å². The van der Waals surface area contributed by atoms with Crippen molar-refractivity contribution in [1.82, 2.24) is 4.90 Å². The van der Waals surface area contributed by atoms with Crippen LogP contribution in [0.1, 0.15) is 64.7 Å². The zero-order valence-corrected chi connectivity index (χ0v) is 11.7. The molecule has 1 N–H and O–H groups in total. The molecule has 0 radical (unpaired) electrons. The number of unbranched alkanes of at least 4 members (excludes halogenated alkanes) is 5. The Hall–Kier alpha value is -0.570. The van der Waals surface area contributed by atoms with Gasteiger partial charge in [0.2, 0.25) is 5.91 Å². The maximum Gasteiger partial charge on any atom is 0.222 e. The third-order valence-corrected chi connectivity index (χ3v) is 4.36. The van der Waals surface area contributed by atoms with E-state index in [4.69, 9.17) is 0 Å². The van der Waals surface area contributed by atoms with Crippen LogP contribution in [0.2, 0.25) is 0 Å². The Labute approximate surface area is 111 Å². The van der Waals surface area contributed by atoms with E-state index in [0.717, 1.165) is 19.3 Å². The summed E-state index contributed by atoms with van der Waals surface area (Å²) in [5.74, 6) is 0.728. The molecular weight excluding hydrogens is 226 g/mol. The minimum absolute atomic E-state index is 0.246. The third-order valence-electron chi connectivity index (χ3n) is 4.36. The molecule has 3 nitrogen and oxygen atoms in total. The largest absolute Gasteiger partial charge is 0.386 e. The lowest BCUT2D eigenvalue weighted by atomic mass is 9.88. The topological polar surface area (TPSA) is 40.5 Å². The van der Waals surface area contributed by atoms with Crippen molar-refractivity contribution < 1.29 is 9.90 Å². The Balaban J connectivity index is 1.51. The SMILES string of the molecule is CCCCCCCCC(=O)N1CC(O)(C2CC2)C1. The number of nitrogens with zero attached hydrogens (tertiary/aromatic N) is 1. The highest BCUT2D eigenvalue weighted by molar-refractivity contribution is 5.77. The summed E-state index contributed by atoms with van der Waals surface area (Å²) in [6.45, 7) is 3.40. The predicted octanol–water partition coefficient (Wildman–Crippen LogP) is 2.72. The number of rotatable bonds is 8. The quantitative estimate of drug-likeness (QED) is 0.676. The minimum Gasteiger partial charge on any atom is -0.386 e. The number of likely N-dealkylation sites (tertiary alicyclic amines) is 1. The van der Waals surface area contributed by atoms with Crippen LogP contribution in [0.5, 0.6) is 0 Å². The van der Waals surface area contributed by atoms with Gasteiger partial charge >= 0.3 is 0 Å². The van der Waals surface area contributed by atoms with Crippen molar-refractivity contribution in [3.05, 3.63) is 0 Å². The Morgan fingerprint density at radius 3 is 2.39 bits per heavy atom. The molecule has 1 aliphatic heterocycles. The molecular formula is C15H27NO2. The van der Waals surface area contributed by atoms with E-state index in [1.54, 1.807) is 0 Å². The predicted molar refractivity (Wildman–Crippen MR) is 72.2 cm³/mol. The van der Waals surface area contributed by atoms with E-state index in [-0.39, 0.29) is 5.91 Å². The van der Waals surface area contributed by atoms with E-state index in [1.165, 1.54) is 32.1 Å². The maximum atomic E-state index is 11.9. The average Bonchev–Trinajstić information content (AvgIpc) is 3.13. The summed E-state index contributed by atoms with van der Waals surface area (Å²) in [5.41, 5.74) is -0.517. The first-order valence-corrected chi connectivity index (χ1v) is 7.66. The van der Waals surface area contributed by atoms with Crippen LogP contribution in [-0.2, 0) is 4.79 Å². The molecule has 1 heterocycles. The highest BCUT2D eigenvalue weighted by Gasteiger charge is 2.52. The summed E-state index contributed by atoms with van der Waals surface area (Å²) in [7, 11) is 0. The summed E-state index contributed by atoms with van der Waals surface area (Å²) in [5, 5.41) is 10.1. The van der Waals surface area contributed by atoms with E-state index >= 15 is 0 Å². The second-order valence-electron chi connectivity index (χ2n) is 6.15. The summed E-state index contributed by atoms with van der Waals surface area (Å²) in [6, 6.07) is 0. The highest BCUT2D eigenvalue weighted by Crippen LogP contribution is 2.44. The molecule has 0 aromatic carbocycles. The van der Waals surface area contributed by atoms with Crippen LogP contribution in [-0.4, -0.2) is 34.6 Å². The molecule has 104 valence electrons. The molecule has 1 saturated carbocycles. The van der Waals surface area contributed by atoms with Gasteiger partial charge in [0.25, 0.3) is 0 Å². The van der Waals surface area contributed by atoms with Crippen LogP contribution in [0.15, 0.2) is 0 Å². The van der Waals surface area contributed by atoms with Crippen LogP contribution < -0.4 is 0 Å². The van der Waals surface area contributed by atoms with E-state index in [1.807, 2.05) is 4.90 Å². The molecule has 1 saturated heterocycles. The zero-order valence-electron chi connectivity index (χ0n) is 11.7. The highest BCUT2D eigenvalue weighted by atomic mass is 16.3. The van der Waals surface area contributed by atoms with Crippen LogP contribution in [0, 0.1) is 5.92 Å². The molecule has 2 fully saturated rings. The van der Waals surface area contributed by atoms with Gasteiger partial charge in [-0.1, -0.05) is 39.0 Å². The fourth-order valence-electron chi connectivity index (χ4n) is 2.88. The molecule has 0 unspecified atom stereocenters. The summed E-state index contributed by atoms with van der Waals surface area (Å²) in [4.78, 5) is 13.7. The fraction of sp³-hybridized carbons (Fsp3) is 0.933. The Bertz CT molecular complexity index is 280. The number of hydrogen-bond donors (Lipinski definition) is 1. The standard InChI is InChI=1S/C15H27NO2/c1-2-3-4-5-6-7-8-14(17)16-11-15(18,12-16)13-9-10-13/h13,18H,2-12H2,1H3. The van der Waals surface area contributed by atoms with Gasteiger partial charge in [-0.15, -0.1) is 0 Å². The zero-order chi connectivity index (χ0) is 13.0. The lowest BCUT2D eigenvalue weighted by molar-refractivity contribution is -0.159. The van der Waals surface area contributed by atoms with Crippen LogP contribution in [0.4, 0.5) is 0 Å². The van der Waals surface area contributed by atoms with E-state index < -0.39 is 5.60 Å². The van der Waals surface area contributed by atoms with Crippen molar-refractivity contribution in [2.24, 2.45) is 5.92 Å². The monoisotopic (exact) mass is 253 g/mol. The van der Waals surface area contributed by atoms with E-state index in [9.17, 15) is 9.90 Å². The number of β-amino-alcohol motifs (C(OH)–C–C–N with tert-alkyl or cyclic N) is 1. The van der Waals surface area contributed by atoms with Gasteiger partial charge in [0.05, 0.1) is 13.1 Å². The van der Waals surface area contributed by atoms with Gasteiger partial charge in [0.15, 0.2) is 0 Å². The lowest BCUT2D eigenvalue weighted by Gasteiger charge is -2.47. The Morgan fingerprint density at radius 1 is 1.17 bits per heavy atom. The molecule has 2 rings (SSSR count). The Morgan fingerprint density at radius 2 is 1.78 bits per heavy atom. The van der Waals surface area contributed by atoms with Crippen molar-refractivity contribution in [2.45, 2.75) is 70.3 Å². The van der Waals surface area contributed by atoms with Gasteiger partial charge in [-0.2, -0.15) is 0 Å². The molecule has 1 amide bonds. The number of carbonyl (C=O) groups excluding carboxylic acids is 1. The number of carbonyl (C=O) groups is 1. The second-order valence-corrected chi connectivity index (χ2v) is 6.15. The fourth-order valence-corrected chi connectivity index (χ4v) is 2.88. The maximum absolute atomic E-state index is 11.9. The average molecular weight is 253 g/mol. The molecule has 0 atom stereocenters. The number of amides is 1. The summed E-state index contributed by atoms with van der Waals surface area (Å²) < 4.78 is 0. The van der Waals surface area contributed by atoms with Gasteiger partial charge in [-0.05, 0) is 25.2 Å². The molecule has 0 bridgehead atoms. The molecule has 18 heavy (non-hydrogen) atoms. The first-order valence-electron chi connectivity index (χ1n) is 7.66.